The molecule has 1 rings (SSSR count). The summed E-state index contributed by atoms with van der Waals surface area (Å²) in [6.45, 7) is 1.19. The van der Waals surface area contributed by atoms with E-state index in [2.05, 4.69) is 0 Å². The van der Waals surface area contributed by atoms with Gasteiger partial charge in [0, 0.05) is 6.61 Å². The van der Waals surface area contributed by atoms with Gasteiger partial charge >= 0.3 is 5.97 Å². The van der Waals surface area contributed by atoms with Crippen molar-refractivity contribution in [3.8, 4) is 0 Å². The molecule has 0 aromatic heterocycles. The molecule has 82 valence electrons. The molecule has 0 saturated heterocycles. The first-order valence-electron chi connectivity index (χ1n) is 5.30. The van der Waals surface area contributed by atoms with Crippen molar-refractivity contribution in [2.45, 2.75) is 38.2 Å². The quantitative estimate of drug-likeness (QED) is 0.651. The zero-order valence-electron chi connectivity index (χ0n) is 8.45. The maximum atomic E-state index is 10.9. The second-order valence-electron chi connectivity index (χ2n) is 3.78. The molecule has 14 heavy (non-hydrogen) atoms. The zero-order valence-corrected chi connectivity index (χ0v) is 8.45. The van der Waals surface area contributed by atoms with Crippen LogP contribution in [0.4, 0.5) is 0 Å². The average molecular weight is 201 g/mol. The third-order valence-corrected chi connectivity index (χ3v) is 2.70. The van der Waals surface area contributed by atoms with Crippen LogP contribution >= 0.6 is 0 Å². The predicted molar refractivity (Wildman–Crippen MR) is 53.0 cm³/mol. The van der Waals surface area contributed by atoms with Gasteiger partial charge in [-0.1, -0.05) is 12.8 Å². The number of ether oxygens (including phenoxy) is 1. The first-order valence-corrected chi connectivity index (χ1v) is 5.30. The highest BCUT2D eigenvalue weighted by atomic mass is 16.5. The summed E-state index contributed by atoms with van der Waals surface area (Å²) in [6, 6.07) is 0. The molecule has 0 aromatic rings. The van der Waals surface area contributed by atoms with Gasteiger partial charge < -0.3 is 15.6 Å². The molecule has 2 unspecified atom stereocenters. The molecule has 3 N–H and O–H groups in total. The molecule has 2 atom stereocenters. The van der Waals surface area contributed by atoms with E-state index in [1.165, 1.54) is 0 Å². The average Bonchev–Trinajstić information content (AvgIpc) is 2.19. The van der Waals surface area contributed by atoms with Crippen LogP contribution < -0.4 is 5.73 Å². The van der Waals surface area contributed by atoms with E-state index in [4.69, 9.17) is 15.6 Å². The number of carboxylic acid groups (broad SMARTS) is 1. The van der Waals surface area contributed by atoms with Crippen molar-refractivity contribution < 1.29 is 14.6 Å². The van der Waals surface area contributed by atoms with E-state index in [9.17, 15) is 4.79 Å². The highest BCUT2D eigenvalue weighted by Gasteiger charge is 2.31. The Hall–Kier alpha value is -0.610. The first-order chi connectivity index (χ1) is 6.75. The maximum Gasteiger partial charge on any atom is 0.309 e. The Balaban J connectivity index is 2.34. The predicted octanol–water partition coefficient (Wildman–Crippen LogP) is 0.995. The fourth-order valence-electron chi connectivity index (χ4n) is 1.90. The molecule has 0 aromatic carbocycles. The SMILES string of the molecule is NCCCOC1CCCCC1C(=O)O. The molecule has 4 nitrogen and oxygen atoms in total. The number of carboxylic acids is 1. The summed E-state index contributed by atoms with van der Waals surface area (Å²) in [5.41, 5.74) is 5.34. The topological polar surface area (TPSA) is 72.5 Å². The van der Waals surface area contributed by atoms with Crippen LogP contribution in [0.15, 0.2) is 0 Å². The summed E-state index contributed by atoms with van der Waals surface area (Å²) in [5.74, 6) is -1.02. The van der Waals surface area contributed by atoms with Crippen LogP contribution in [0.5, 0.6) is 0 Å². The zero-order chi connectivity index (χ0) is 10.4. The Labute approximate surface area is 84.4 Å². The van der Waals surface area contributed by atoms with Gasteiger partial charge in [-0.3, -0.25) is 4.79 Å². The summed E-state index contributed by atoms with van der Waals surface area (Å²) < 4.78 is 5.54. The Morgan fingerprint density at radius 3 is 2.79 bits per heavy atom. The molecular formula is C10H19NO3. The van der Waals surface area contributed by atoms with Crippen LogP contribution in [0.2, 0.25) is 0 Å². The molecule has 0 bridgehead atoms. The minimum absolute atomic E-state index is 0.0900. The summed E-state index contributed by atoms with van der Waals surface area (Å²) in [4.78, 5) is 10.9. The summed E-state index contributed by atoms with van der Waals surface area (Å²) >= 11 is 0. The monoisotopic (exact) mass is 201 g/mol. The Bertz CT molecular complexity index is 184. The van der Waals surface area contributed by atoms with E-state index < -0.39 is 5.97 Å². The van der Waals surface area contributed by atoms with Gasteiger partial charge in [0.05, 0.1) is 12.0 Å². The lowest BCUT2D eigenvalue weighted by molar-refractivity contribution is -0.149. The van der Waals surface area contributed by atoms with Crippen molar-refractivity contribution in [3.05, 3.63) is 0 Å². The van der Waals surface area contributed by atoms with E-state index in [0.29, 0.717) is 13.2 Å². The maximum absolute atomic E-state index is 10.9. The Morgan fingerprint density at radius 1 is 1.43 bits per heavy atom. The molecule has 0 aliphatic heterocycles. The Kier molecular flexibility index (Phi) is 4.90. The van der Waals surface area contributed by atoms with Crippen molar-refractivity contribution in [2.24, 2.45) is 11.7 Å². The molecule has 1 aliphatic rings. The summed E-state index contributed by atoms with van der Waals surface area (Å²) in [7, 11) is 0. The minimum Gasteiger partial charge on any atom is -0.481 e. The molecule has 1 aliphatic carbocycles. The van der Waals surface area contributed by atoms with Crippen LogP contribution in [0.25, 0.3) is 0 Å². The fourth-order valence-corrected chi connectivity index (χ4v) is 1.90. The molecule has 0 radical (unpaired) electrons. The molecule has 1 saturated carbocycles. The molecular weight excluding hydrogens is 182 g/mol. The Morgan fingerprint density at radius 2 is 2.14 bits per heavy atom. The molecule has 0 amide bonds. The van der Waals surface area contributed by atoms with Crippen LogP contribution in [0, 0.1) is 5.92 Å². The van der Waals surface area contributed by atoms with Crippen molar-refractivity contribution >= 4 is 5.97 Å². The second kappa shape index (κ2) is 5.98. The van der Waals surface area contributed by atoms with Gasteiger partial charge in [0.1, 0.15) is 0 Å². The fraction of sp³-hybridized carbons (Fsp3) is 0.900. The summed E-state index contributed by atoms with van der Waals surface area (Å²) in [6.07, 6.45) is 4.44. The standard InChI is InChI=1S/C10H19NO3/c11-6-3-7-14-9-5-2-1-4-8(9)10(12)13/h8-9H,1-7,11H2,(H,12,13). The van der Waals surface area contributed by atoms with Gasteiger partial charge in [-0.05, 0) is 25.8 Å². The van der Waals surface area contributed by atoms with E-state index in [1.807, 2.05) is 0 Å². The second-order valence-corrected chi connectivity index (χ2v) is 3.78. The molecule has 4 heteroatoms. The van der Waals surface area contributed by atoms with E-state index in [0.717, 1.165) is 32.1 Å². The highest BCUT2D eigenvalue weighted by molar-refractivity contribution is 5.70. The third kappa shape index (κ3) is 3.27. The third-order valence-electron chi connectivity index (χ3n) is 2.70. The van der Waals surface area contributed by atoms with Crippen molar-refractivity contribution in [3.63, 3.8) is 0 Å². The van der Waals surface area contributed by atoms with Gasteiger partial charge in [-0.2, -0.15) is 0 Å². The molecule has 0 spiro atoms. The van der Waals surface area contributed by atoms with Crippen LogP contribution in [-0.4, -0.2) is 30.3 Å². The number of carbonyl (C=O) groups is 1. The van der Waals surface area contributed by atoms with E-state index in [1.54, 1.807) is 0 Å². The van der Waals surface area contributed by atoms with Gasteiger partial charge in [0.25, 0.3) is 0 Å². The lowest BCUT2D eigenvalue weighted by Crippen LogP contribution is -2.34. The minimum atomic E-state index is -0.720. The van der Waals surface area contributed by atoms with Gasteiger partial charge in [0.2, 0.25) is 0 Å². The van der Waals surface area contributed by atoms with E-state index >= 15 is 0 Å². The molecule has 1 fully saturated rings. The van der Waals surface area contributed by atoms with E-state index in [-0.39, 0.29) is 12.0 Å². The number of nitrogens with two attached hydrogens (primary N) is 1. The lowest BCUT2D eigenvalue weighted by atomic mass is 9.86. The number of aliphatic carboxylic acids is 1. The number of hydrogen-bond donors (Lipinski definition) is 2. The first kappa shape index (κ1) is 11.5. The van der Waals surface area contributed by atoms with Crippen LogP contribution in [0.3, 0.4) is 0 Å². The normalized spacial score (nSPS) is 27.5. The lowest BCUT2D eigenvalue weighted by Gasteiger charge is -2.28. The van der Waals surface area contributed by atoms with Gasteiger partial charge in [-0.25, -0.2) is 0 Å². The smallest absolute Gasteiger partial charge is 0.309 e. The van der Waals surface area contributed by atoms with Gasteiger partial charge in [-0.15, -0.1) is 0 Å². The largest absolute Gasteiger partial charge is 0.481 e. The van der Waals surface area contributed by atoms with Crippen LogP contribution in [-0.2, 0) is 9.53 Å². The number of hydrogen-bond acceptors (Lipinski definition) is 3. The summed E-state index contributed by atoms with van der Waals surface area (Å²) in [5, 5.41) is 8.96. The molecule has 0 heterocycles. The van der Waals surface area contributed by atoms with Crippen LogP contribution in [0.1, 0.15) is 32.1 Å². The van der Waals surface area contributed by atoms with Crippen molar-refractivity contribution in [1.29, 1.82) is 0 Å². The highest BCUT2D eigenvalue weighted by Crippen LogP contribution is 2.27. The number of rotatable bonds is 5. The van der Waals surface area contributed by atoms with Crippen molar-refractivity contribution in [2.75, 3.05) is 13.2 Å². The van der Waals surface area contributed by atoms with Crippen molar-refractivity contribution in [1.82, 2.24) is 0 Å². The van der Waals surface area contributed by atoms with Gasteiger partial charge in [0.15, 0.2) is 0 Å².